The maximum atomic E-state index is 12.8. The fourth-order valence-electron chi connectivity index (χ4n) is 5.52. The van der Waals surface area contributed by atoms with Crippen LogP contribution in [0.25, 0.3) is 0 Å². The number of quaternary nitrogens is 1. The van der Waals surface area contributed by atoms with Crippen LogP contribution in [0.2, 0.25) is 0 Å². The molecule has 0 aromatic heterocycles. The summed E-state index contributed by atoms with van der Waals surface area (Å²) in [6, 6.07) is 0. The lowest BCUT2D eigenvalue weighted by Crippen LogP contribution is -2.40. The number of aliphatic carboxylic acids is 1. The molecule has 0 bridgehead atoms. The number of nitrogens with zero attached hydrogens (tertiary/aromatic N) is 1. The molecule has 2 atom stereocenters. The standard InChI is InChI=1S/C52H83NO8/c1-6-8-10-12-14-16-18-20-21-22-23-24-25-26-27-28-29-31-33-35-37-39-41-43-50(55)61-48(47-60-52(51(56)57)58-45-44-53(3,4)5)46-59-49(54)42-40-38-36-34-32-30-19-17-15-13-11-9-7-2/h8-11,14-17,20-21,23-24,26-27,30,32,36,38,48,52H,6-7,12-13,18-19,22,25,28-29,31,33-35,37,39-47H2,1-5H3/p+1/b10-8-,11-9-,16-14-,17-15-,21-20-,24-23-,27-26-,32-30-,38-36-. The molecule has 2 unspecified atom stereocenters. The van der Waals surface area contributed by atoms with E-state index in [1.807, 2.05) is 33.3 Å². The van der Waals surface area contributed by atoms with Gasteiger partial charge in [-0.1, -0.05) is 155 Å². The molecule has 0 aliphatic heterocycles. The van der Waals surface area contributed by atoms with Gasteiger partial charge in [0, 0.05) is 12.8 Å². The Balaban J connectivity index is 4.49. The molecule has 9 heteroatoms. The Bertz CT molecular complexity index is 1360. The van der Waals surface area contributed by atoms with Crippen LogP contribution >= 0.6 is 0 Å². The molecule has 0 spiro atoms. The van der Waals surface area contributed by atoms with Crippen molar-refractivity contribution in [1.82, 2.24) is 0 Å². The number of carbonyl (C=O) groups excluding carboxylic acids is 2. The number of likely N-dealkylation sites (N-methyl/N-ethyl adjacent to an activating group) is 1. The molecule has 0 radical (unpaired) electrons. The van der Waals surface area contributed by atoms with Crippen LogP contribution in [-0.2, 0) is 33.3 Å². The van der Waals surface area contributed by atoms with Gasteiger partial charge < -0.3 is 28.5 Å². The molecule has 0 saturated heterocycles. The molecule has 0 aliphatic rings. The Morgan fingerprint density at radius 2 is 0.918 bits per heavy atom. The van der Waals surface area contributed by atoms with E-state index in [-0.39, 0.29) is 32.7 Å². The Hall–Kier alpha value is -4.05. The van der Waals surface area contributed by atoms with Crippen molar-refractivity contribution in [2.75, 3.05) is 47.5 Å². The number of carboxylic acids is 1. The van der Waals surface area contributed by atoms with Crippen molar-refractivity contribution in [3.63, 3.8) is 0 Å². The third-order valence-electron chi connectivity index (χ3n) is 9.04. The lowest BCUT2D eigenvalue weighted by atomic mass is 10.1. The highest BCUT2D eigenvalue weighted by Crippen LogP contribution is 2.12. The number of carbonyl (C=O) groups is 3. The predicted molar refractivity (Wildman–Crippen MR) is 253 cm³/mol. The minimum atomic E-state index is -1.53. The molecule has 0 fully saturated rings. The fourth-order valence-corrected chi connectivity index (χ4v) is 5.52. The van der Waals surface area contributed by atoms with Crippen molar-refractivity contribution in [2.24, 2.45) is 0 Å². The first-order valence-electron chi connectivity index (χ1n) is 23.1. The van der Waals surface area contributed by atoms with Crippen LogP contribution in [0, 0.1) is 0 Å². The molecule has 0 rings (SSSR count). The van der Waals surface area contributed by atoms with Gasteiger partial charge in [-0.05, 0) is 83.5 Å². The number of hydrogen-bond donors (Lipinski definition) is 1. The molecule has 344 valence electrons. The lowest BCUT2D eigenvalue weighted by Gasteiger charge is -2.25. The molecule has 0 aromatic carbocycles. The van der Waals surface area contributed by atoms with Crippen LogP contribution < -0.4 is 0 Å². The van der Waals surface area contributed by atoms with E-state index in [4.69, 9.17) is 18.9 Å². The van der Waals surface area contributed by atoms with E-state index in [9.17, 15) is 19.5 Å². The lowest BCUT2D eigenvalue weighted by molar-refractivity contribution is -0.870. The number of allylic oxidation sites excluding steroid dienone is 18. The molecule has 1 N–H and O–H groups in total. The number of hydrogen-bond acceptors (Lipinski definition) is 7. The number of carboxylic acid groups (broad SMARTS) is 1. The molecule has 0 amide bonds. The van der Waals surface area contributed by atoms with Gasteiger partial charge in [0.15, 0.2) is 6.10 Å². The van der Waals surface area contributed by atoms with E-state index in [1.165, 1.54) is 19.3 Å². The monoisotopic (exact) mass is 851 g/mol. The topological polar surface area (TPSA) is 108 Å². The van der Waals surface area contributed by atoms with Gasteiger partial charge in [-0.3, -0.25) is 9.59 Å². The average molecular weight is 851 g/mol. The zero-order valence-corrected chi connectivity index (χ0v) is 38.8. The molecule has 0 aliphatic carbocycles. The number of esters is 2. The van der Waals surface area contributed by atoms with Crippen LogP contribution in [0.5, 0.6) is 0 Å². The summed E-state index contributed by atoms with van der Waals surface area (Å²) in [6.07, 6.45) is 54.5. The van der Waals surface area contributed by atoms with Gasteiger partial charge in [-0.2, -0.15) is 0 Å². The van der Waals surface area contributed by atoms with Crippen molar-refractivity contribution in [2.45, 2.75) is 155 Å². The highest BCUT2D eigenvalue weighted by Gasteiger charge is 2.25. The number of ether oxygens (including phenoxy) is 4. The number of unbranched alkanes of at least 4 members (excludes halogenated alkanes) is 7. The largest absolute Gasteiger partial charge is 0.477 e. The van der Waals surface area contributed by atoms with Crippen LogP contribution in [0.1, 0.15) is 142 Å². The van der Waals surface area contributed by atoms with E-state index in [1.54, 1.807) is 0 Å². The Labute approximate surface area is 371 Å². The third-order valence-corrected chi connectivity index (χ3v) is 9.04. The highest BCUT2D eigenvalue weighted by atomic mass is 16.7. The van der Waals surface area contributed by atoms with Crippen molar-refractivity contribution in [3.05, 3.63) is 109 Å². The summed E-state index contributed by atoms with van der Waals surface area (Å²) in [6.45, 7) is 4.51. The molecular formula is C52H84NO8+. The molecular weight excluding hydrogens is 767 g/mol. The Morgan fingerprint density at radius 3 is 1.38 bits per heavy atom. The average Bonchev–Trinajstić information content (AvgIpc) is 3.22. The van der Waals surface area contributed by atoms with E-state index >= 15 is 0 Å². The molecule has 61 heavy (non-hydrogen) atoms. The van der Waals surface area contributed by atoms with Crippen LogP contribution in [-0.4, -0.2) is 87.4 Å². The molecule has 9 nitrogen and oxygen atoms in total. The third kappa shape index (κ3) is 43.8. The van der Waals surface area contributed by atoms with Crippen molar-refractivity contribution in [1.29, 1.82) is 0 Å². The zero-order valence-electron chi connectivity index (χ0n) is 38.8. The summed E-state index contributed by atoms with van der Waals surface area (Å²) in [5.74, 6) is -2.15. The Morgan fingerprint density at radius 1 is 0.492 bits per heavy atom. The van der Waals surface area contributed by atoms with Gasteiger partial charge in [0.05, 0.1) is 34.4 Å². The van der Waals surface area contributed by atoms with Gasteiger partial charge in [0.25, 0.3) is 6.29 Å². The van der Waals surface area contributed by atoms with Crippen molar-refractivity contribution < 1.29 is 42.9 Å². The first-order chi connectivity index (χ1) is 29.6. The second-order valence-electron chi connectivity index (χ2n) is 15.9. The van der Waals surface area contributed by atoms with Gasteiger partial charge in [-0.25, -0.2) is 4.79 Å². The normalized spacial score (nSPS) is 13.9. The maximum Gasteiger partial charge on any atom is 0.361 e. The van der Waals surface area contributed by atoms with E-state index in [0.29, 0.717) is 23.9 Å². The SMILES string of the molecule is CC/C=C\C/C=C\C/C=C\C/C=C\C/C=C\CCCCCCCCCC(=O)OC(COC(=O)CC/C=C\C/C=C\C/C=C\C/C=C\CC)COC(OCC[N+](C)(C)C)C(=O)O. The summed E-state index contributed by atoms with van der Waals surface area (Å²) < 4.78 is 22.6. The summed E-state index contributed by atoms with van der Waals surface area (Å²) in [4.78, 5) is 37.1. The molecule has 0 heterocycles. The summed E-state index contributed by atoms with van der Waals surface area (Å²) >= 11 is 0. The molecule has 0 saturated carbocycles. The minimum Gasteiger partial charge on any atom is -0.477 e. The summed E-state index contributed by atoms with van der Waals surface area (Å²) in [5.41, 5.74) is 0. The number of rotatable bonds is 40. The van der Waals surface area contributed by atoms with E-state index in [0.717, 1.165) is 83.5 Å². The molecule has 0 aromatic rings. The van der Waals surface area contributed by atoms with Crippen molar-refractivity contribution >= 4 is 17.9 Å². The van der Waals surface area contributed by atoms with Gasteiger partial charge >= 0.3 is 17.9 Å². The minimum absolute atomic E-state index is 0.168. The van der Waals surface area contributed by atoms with Crippen LogP contribution in [0.15, 0.2) is 109 Å². The van der Waals surface area contributed by atoms with Gasteiger partial charge in [-0.15, -0.1) is 0 Å². The van der Waals surface area contributed by atoms with Gasteiger partial charge in [0.1, 0.15) is 13.2 Å². The first-order valence-corrected chi connectivity index (χ1v) is 23.1. The van der Waals surface area contributed by atoms with E-state index in [2.05, 4.69) is 111 Å². The second-order valence-corrected chi connectivity index (χ2v) is 15.9. The zero-order chi connectivity index (χ0) is 44.9. The first kappa shape index (κ1) is 57.0. The van der Waals surface area contributed by atoms with Crippen LogP contribution in [0.4, 0.5) is 0 Å². The summed E-state index contributed by atoms with van der Waals surface area (Å²) in [7, 11) is 5.92. The predicted octanol–water partition coefficient (Wildman–Crippen LogP) is 12.4. The smallest absolute Gasteiger partial charge is 0.361 e. The Kier molecular flexibility index (Phi) is 39.8. The highest BCUT2D eigenvalue weighted by molar-refractivity contribution is 5.71. The summed E-state index contributed by atoms with van der Waals surface area (Å²) in [5, 5.41) is 9.64. The second kappa shape index (κ2) is 42.6. The van der Waals surface area contributed by atoms with Crippen molar-refractivity contribution in [3.8, 4) is 0 Å². The van der Waals surface area contributed by atoms with Gasteiger partial charge in [0.2, 0.25) is 0 Å². The maximum absolute atomic E-state index is 12.8. The van der Waals surface area contributed by atoms with E-state index < -0.39 is 30.3 Å². The fraction of sp³-hybridized carbons (Fsp3) is 0.596. The quantitative estimate of drug-likeness (QED) is 0.0213. The van der Waals surface area contributed by atoms with Crippen LogP contribution in [0.3, 0.4) is 0 Å².